The summed E-state index contributed by atoms with van der Waals surface area (Å²) in [6.45, 7) is 1.95. The Morgan fingerprint density at radius 1 is 1.12 bits per heavy atom. The molecule has 0 spiro atoms. The molecule has 0 bridgehead atoms. The zero-order valence-corrected chi connectivity index (χ0v) is 15.9. The van der Waals surface area contributed by atoms with Crippen molar-refractivity contribution in [1.82, 2.24) is 4.90 Å². The molecule has 0 N–H and O–H groups in total. The highest BCUT2D eigenvalue weighted by atomic mass is 79.9. The largest absolute Gasteiger partial charge is 0.490 e. The summed E-state index contributed by atoms with van der Waals surface area (Å²) >= 11 is 3.53. The first-order valence-electron chi connectivity index (χ1n) is 8.49. The molecule has 3 rings (SSSR count). The van der Waals surface area contributed by atoms with Crippen molar-refractivity contribution in [1.29, 1.82) is 0 Å². The molecule has 25 heavy (non-hydrogen) atoms. The molecule has 1 heterocycles. The Bertz CT molecular complexity index is 747. The lowest BCUT2D eigenvalue weighted by Gasteiger charge is -2.18. The van der Waals surface area contributed by atoms with Crippen molar-refractivity contribution < 1.29 is 14.3 Å². The molecule has 0 radical (unpaired) electrons. The van der Waals surface area contributed by atoms with Gasteiger partial charge in [-0.25, -0.2) is 0 Å². The van der Waals surface area contributed by atoms with Gasteiger partial charge in [0.2, 0.25) is 5.91 Å². The molecule has 0 saturated carbocycles. The molecule has 0 unspecified atom stereocenters. The number of rotatable bonds is 5. The van der Waals surface area contributed by atoms with Gasteiger partial charge < -0.3 is 14.4 Å². The maximum Gasteiger partial charge on any atom is 0.222 e. The van der Waals surface area contributed by atoms with Crippen molar-refractivity contribution in [2.75, 3.05) is 20.3 Å². The van der Waals surface area contributed by atoms with Crippen LogP contribution < -0.4 is 9.47 Å². The van der Waals surface area contributed by atoms with E-state index in [0.29, 0.717) is 32.6 Å². The Morgan fingerprint density at radius 2 is 1.88 bits per heavy atom. The summed E-state index contributed by atoms with van der Waals surface area (Å²) in [4.78, 5) is 14.2. The molecule has 0 atom stereocenters. The number of aryl methyl sites for hydroxylation is 1. The van der Waals surface area contributed by atoms with E-state index < -0.39 is 0 Å². The fourth-order valence-corrected chi connectivity index (χ4v) is 3.19. The topological polar surface area (TPSA) is 38.8 Å². The van der Waals surface area contributed by atoms with Gasteiger partial charge >= 0.3 is 0 Å². The number of benzene rings is 2. The van der Waals surface area contributed by atoms with Crippen molar-refractivity contribution in [2.45, 2.75) is 25.8 Å². The Hall–Kier alpha value is -2.01. The third-order valence-corrected chi connectivity index (χ3v) is 5.00. The fraction of sp³-hybridized carbons (Fsp3) is 0.350. The number of nitrogens with zero attached hydrogens (tertiary/aromatic N) is 1. The van der Waals surface area contributed by atoms with Crippen LogP contribution in [0.3, 0.4) is 0 Å². The minimum atomic E-state index is 0.128. The molecular weight excluding hydrogens is 382 g/mol. The van der Waals surface area contributed by atoms with Crippen LogP contribution in [0, 0.1) is 0 Å². The predicted molar refractivity (Wildman–Crippen MR) is 101 cm³/mol. The van der Waals surface area contributed by atoms with Gasteiger partial charge in [-0.05, 0) is 35.7 Å². The van der Waals surface area contributed by atoms with E-state index in [1.54, 1.807) is 4.90 Å². The second-order valence-corrected chi connectivity index (χ2v) is 7.03. The first-order chi connectivity index (χ1) is 12.1. The normalized spacial score (nSPS) is 13.2. The van der Waals surface area contributed by atoms with Gasteiger partial charge in [-0.3, -0.25) is 4.79 Å². The highest BCUT2D eigenvalue weighted by Gasteiger charge is 2.13. The summed E-state index contributed by atoms with van der Waals surface area (Å²) in [6, 6.07) is 13.9. The average Bonchev–Trinajstić information content (AvgIpc) is 2.86. The van der Waals surface area contributed by atoms with Gasteiger partial charge in [0, 0.05) is 30.9 Å². The van der Waals surface area contributed by atoms with Crippen molar-refractivity contribution in [3.63, 3.8) is 0 Å². The summed E-state index contributed by atoms with van der Waals surface area (Å²) in [5.74, 6) is 1.70. The monoisotopic (exact) mass is 403 g/mol. The molecule has 4 nitrogen and oxygen atoms in total. The molecular formula is C20H22BrNO3. The summed E-state index contributed by atoms with van der Waals surface area (Å²) in [7, 11) is 1.84. The van der Waals surface area contributed by atoms with Crippen LogP contribution in [0.25, 0.3) is 0 Å². The Balaban J connectivity index is 1.57. The van der Waals surface area contributed by atoms with Crippen LogP contribution in [-0.4, -0.2) is 31.1 Å². The molecule has 2 aromatic carbocycles. The second-order valence-electron chi connectivity index (χ2n) is 6.17. The van der Waals surface area contributed by atoms with Gasteiger partial charge in [-0.2, -0.15) is 0 Å². The van der Waals surface area contributed by atoms with Gasteiger partial charge in [-0.15, -0.1) is 0 Å². The quantitative estimate of drug-likeness (QED) is 0.750. The minimum absolute atomic E-state index is 0.128. The first-order valence-corrected chi connectivity index (χ1v) is 9.28. The van der Waals surface area contributed by atoms with E-state index in [1.165, 1.54) is 0 Å². The molecule has 132 valence electrons. The summed E-state index contributed by atoms with van der Waals surface area (Å²) in [5.41, 5.74) is 2.20. The lowest BCUT2D eigenvalue weighted by molar-refractivity contribution is -0.130. The predicted octanol–water partition coefficient (Wildman–Crippen LogP) is 4.20. The second kappa shape index (κ2) is 8.39. The standard InChI is InChI=1S/C20H22BrNO3/c1-22(14-16-5-2-3-6-17(16)21)20(23)10-8-15-7-9-18-19(13-15)25-12-4-11-24-18/h2-3,5-7,9,13H,4,8,10-12,14H2,1H3. The van der Waals surface area contributed by atoms with E-state index in [-0.39, 0.29) is 5.91 Å². The number of carbonyl (C=O) groups excluding carboxylic acids is 1. The highest BCUT2D eigenvalue weighted by Crippen LogP contribution is 2.30. The third kappa shape index (κ3) is 4.75. The number of halogens is 1. The zero-order valence-electron chi connectivity index (χ0n) is 14.3. The molecule has 0 saturated heterocycles. The number of hydrogen-bond acceptors (Lipinski definition) is 3. The lowest BCUT2D eigenvalue weighted by atomic mass is 10.1. The number of amides is 1. The number of carbonyl (C=O) groups is 1. The molecule has 0 aromatic heterocycles. The smallest absolute Gasteiger partial charge is 0.222 e. The minimum Gasteiger partial charge on any atom is -0.490 e. The van der Waals surface area contributed by atoms with Crippen LogP contribution in [0.15, 0.2) is 46.9 Å². The fourth-order valence-electron chi connectivity index (χ4n) is 2.78. The van der Waals surface area contributed by atoms with Crippen LogP contribution in [-0.2, 0) is 17.8 Å². The van der Waals surface area contributed by atoms with Gasteiger partial charge in [0.05, 0.1) is 13.2 Å². The summed E-state index contributed by atoms with van der Waals surface area (Å²) in [5, 5.41) is 0. The Labute approximate surface area is 156 Å². The van der Waals surface area contributed by atoms with Crippen molar-refractivity contribution in [2.24, 2.45) is 0 Å². The summed E-state index contributed by atoms with van der Waals surface area (Å²) in [6.07, 6.45) is 2.05. The van der Waals surface area contributed by atoms with Gasteiger partial charge in [-0.1, -0.05) is 40.2 Å². The van der Waals surface area contributed by atoms with Crippen LogP contribution in [0.4, 0.5) is 0 Å². The molecule has 2 aromatic rings. The van der Waals surface area contributed by atoms with Crippen molar-refractivity contribution in [3.05, 3.63) is 58.1 Å². The van der Waals surface area contributed by atoms with E-state index in [4.69, 9.17) is 9.47 Å². The van der Waals surface area contributed by atoms with Crippen LogP contribution in [0.5, 0.6) is 11.5 Å². The van der Waals surface area contributed by atoms with Gasteiger partial charge in [0.25, 0.3) is 0 Å². The van der Waals surface area contributed by atoms with E-state index >= 15 is 0 Å². The van der Waals surface area contributed by atoms with E-state index in [0.717, 1.165) is 33.5 Å². The van der Waals surface area contributed by atoms with Crippen molar-refractivity contribution in [3.8, 4) is 11.5 Å². The molecule has 5 heteroatoms. The Kier molecular flexibility index (Phi) is 5.97. The SMILES string of the molecule is CN(Cc1ccccc1Br)C(=O)CCc1ccc2c(c1)OCCCO2. The summed E-state index contributed by atoms with van der Waals surface area (Å²) < 4.78 is 12.4. The molecule has 1 aliphatic heterocycles. The maximum atomic E-state index is 12.4. The van der Waals surface area contributed by atoms with E-state index in [1.807, 2.05) is 49.5 Å². The van der Waals surface area contributed by atoms with Gasteiger partial charge in [0.1, 0.15) is 0 Å². The molecule has 0 fully saturated rings. The first kappa shape index (κ1) is 17.8. The zero-order chi connectivity index (χ0) is 17.6. The number of ether oxygens (including phenoxy) is 2. The van der Waals surface area contributed by atoms with E-state index in [2.05, 4.69) is 15.9 Å². The van der Waals surface area contributed by atoms with Crippen LogP contribution in [0.1, 0.15) is 24.0 Å². The van der Waals surface area contributed by atoms with Crippen molar-refractivity contribution >= 4 is 21.8 Å². The van der Waals surface area contributed by atoms with Gasteiger partial charge in [0.15, 0.2) is 11.5 Å². The average molecular weight is 404 g/mol. The number of fused-ring (bicyclic) bond motifs is 1. The highest BCUT2D eigenvalue weighted by molar-refractivity contribution is 9.10. The van der Waals surface area contributed by atoms with Crippen LogP contribution in [0.2, 0.25) is 0 Å². The number of hydrogen-bond donors (Lipinski definition) is 0. The molecule has 0 aliphatic carbocycles. The maximum absolute atomic E-state index is 12.4. The third-order valence-electron chi connectivity index (χ3n) is 4.23. The van der Waals surface area contributed by atoms with Crippen LogP contribution >= 0.6 is 15.9 Å². The Morgan fingerprint density at radius 3 is 2.68 bits per heavy atom. The molecule has 1 aliphatic rings. The molecule has 1 amide bonds. The lowest BCUT2D eigenvalue weighted by Crippen LogP contribution is -2.26. The van der Waals surface area contributed by atoms with E-state index in [9.17, 15) is 4.79 Å².